The van der Waals surface area contributed by atoms with E-state index in [0.717, 1.165) is 19.4 Å². The number of benzene rings is 2. The normalized spacial score (nSPS) is 25.7. The van der Waals surface area contributed by atoms with E-state index in [1.165, 1.54) is 5.39 Å². The van der Waals surface area contributed by atoms with E-state index < -0.39 is 8.32 Å². The van der Waals surface area contributed by atoms with Crippen LogP contribution in [0.25, 0.3) is 10.8 Å². The van der Waals surface area contributed by atoms with E-state index >= 15 is 0 Å². The molecule has 0 bridgehead atoms. The van der Waals surface area contributed by atoms with Gasteiger partial charge in [-0.3, -0.25) is 0 Å². The fourth-order valence-electron chi connectivity index (χ4n) is 4.20. The Morgan fingerprint density at radius 3 is 2.50 bits per heavy atom. The predicted octanol–water partition coefficient (Wildman–Crippen LogP) is 6.52. The molecule has 2 fully saturated rings. The second-order valence-corrected chi connectivity index (χ2v) is 18.7. The van der Waals surface area contributed by atoms with Crippen LogP contribution in [0.2, 0.25) is 22.9 Å². The fourth-order valence-corrected chi connectivity index (χ4v) is 9.32. The van der Waals surface area contributed by atoms with Crippen LogP contribution in [0, 0.1) is 5.92 Å². The summed E-state index contributed by atoms with van der Waals surface area (Å²) in [5.41, 5.74) is 0.904. The zero-order valence-electron chi connectivity index (χ0n) is 19.6. The van der Waals surface area contributed by atoms with Gasteiger partial charge in [-0.05, 0) is 0 Å². The molecule has 2 aromatic carbocycles. The van der Waals surface area contributed by atoms with Crippen molar-refractivity contribution in [2.45, 2.75) is 62.8 Å². The number of β-lactam (4-membered cyclic amide) rings is 1. The van der Waals surface area contributed by atoms with E-state index in [1.807, 2.05) is 23.1 Å². The second kappa shape index (κ2) is 8.66. The first-order valence-corrected chi connectivity index (χ1v) is 16.8. The van der Waals surface area contributed by atoms with Crippen molar-refractivity contribution in [1.82, 2.24) is 4.90 Å². The quantitative estimate of drug-likeness (QED) is 0.216. The summed E-state index contributed by atoms with van der Waals surface area (Å²) in [6, 6.07) is 14.6. The third kappa shape index (κ3) is 4.27. The fraction of sp³-hybridized carbons (Fsp3) is 0.440. The average molecular weight is 625 g/mol. The molecular weight excluding hydrogens is 594 g/mol. The van der Waals surface area contributed by atoms with Crippen LogP contribution in [-0.2, 0) is 9.22 Å². The monoisotopic (exact) mass is 626 g/mol. The number of fused-ring (bicyclic) bond motifs is 2. The Labute approximate surface area is 212 Å². The molecule has 0 aromatic heterocycles. The number of hydrogen-bond acceptors (Lipinski definition) is 3. The zero-order chi connectivity index (χ0) is 23.4. The molecule has 4 rings (SSSR count). The zero-order valence-corrected chi connectivity index (χ0v) is 24.4. The van der Waals surface area contributed by atoms with Crippen molar-refractivity contribution in [3.8, 4) is 0 Å². The Kier molecular flexibility index (Phi) is 6.53. The number of rotatable bonds is 5. The minimum atomic E-state index is -1.96. The van der Waals surface area contributed by atoms with Gasteiger partial charge >= 0.3 is 213 Å². The van der Waals surface area contributed by atoms with E-state index in [-0.39, 0.29) is 48.8 Å². The second-order valence-electron chi connectivity index (χ2n) is 10.2. The molecule has 2 aromatic rings. The summed E-state index contributed by atoms with van der Waals surface area (Å²) >= 11 is 2.40. The number of carbonyl (C=O) groups is 1. The number of halogens is 1. The van der Waals surface area contributed by atoms with E-state index in [4.69, 9.17) is 9.42 Å². The standard InChI is InChI=1S/C25H31IN2O2SeSi/c1-15(26)22-21-20(16(2)30-32(6,7)25(3,4)5)23(29)28(21)24(31-22)27-19-13-12-17-10-8-9-11-18(17)14-19/h8-14,16,20-22H,1H2,2-7H3/t16-,20-,21+,22?/m1/s1. The molecule has 1 amide bonds. The van der Waals surface area contributed by atoms with Crippen molar-refractivity contribution in [1.29, 1.82) is 0 Å². The Balaban J connectivity index is 1.61. The van der Waals surface area contributed by atoms with Gasteiger partial charge < -0.3 is 0 Å². The van der Waals surface area contributed by atoms with Crippen molar-refractivity contribution in [2.75, 3.05) is 0 Å². The number of nitrogens with zero attached hydrogens (tertiary/aromatic N) is 2. The van der Waals surface area contributed by atoms with Gasteiger partial charge in [0.05, 0.1) is 0 Å². The summed E-state index contributed by atoms with van der Waals surface area (Å²) in [5.74, 6) is 0.0367. The van der Waals surface area contributed by atoms with Gasteiger partial charge in [0.25, 0.3) is 0 Å². The molecule has 2 aliphatic heterocycles. The summed E-state index contributed by atoms with van der Waals surface area (Å²) in [6.07, 6.45) is -0.0984. The Hall–Kier alpha value is -0.994. The molecule has 2 saturated heterocycles. The van der Waals surface area contributed by atoms with Crippen molar-refractivity contribution >= 4 is 73.0 Å². The molecule has 4 nitrogen and oxygen atoms in total. The molecule has 0 radical (unpaired) electrons. The summed E-state index contributed by atoms with van der Waals surface area (Å²) < 4.78 is 8.67. The van der Waals surface area contributed by atoms with Crippen molar-refractivity contribution in [2.24, 2.45) is 10.9 Å². The van der Waals surface area contributed by atoms with E-state index in [1.54, 1.807) is 0 Å². The number of aliphatic imine (C=N–C) groups is 1. The first kappa shape index (κ1) is 24.1. The Morgan fingerprint density at radius 1 is 1.22 bits per heavy atom. The molecule has 2 aliphatic rings. The topological polar surface area (TPSA) is 41.9 Å². The molecule has 1 unspecified atom stereocenters. The number of amides is 1. The number of amidine groups is 1. The summed E-state index contributed by atoms with van der Waals surface area (Å²) in [4.78, 5) is 20.5. The average Bonchev–Trinajstić information content (AvgIpc) is 3.00. The van der Waals surface area contributed by atoms with Crippen molar-refractivity contribution in [3.63, 3.8) is 0 Å². The molecule has 0 saturated carbocycles. The SMILES string of the molecule is C=C(I)C1[Se]C(=Nc2ccc3ccccc3c2)N2C(=O)[C@H]([C@@H](C)O[Si](C)(C)C(C)(C)C)[C@@H]12. The van der Waals surface area contributed by atoms with Crippen LogP contribution < -0.4 is 0 Å². The van der Waals surface area contributed by atoms with Gasteiger partial charge in [0.1, 0.15) is 0 Å². The molecule has 0 aliphatic carbocycles. The van der Waals surface area contributed by atoms with Crippen LogP contribution >= 0.6 is 22.6 Å². The van der Waals surface area contributed by atoms with Crippen LogP contribution in [0.5, 0.6) is 0 Å². The van der Waals surface area contributed by atoms with Crippen LogP contribution in [0.3, 0.4) is 0 Å². The van der Waals surface area contributed by atoms with Gasteiger partial charge in [-0.25, -0.2) is 0 Å². The molecule has 170 valence electrons. The summed E-state index contributed by atoms with van der Waals surface area (Å²) in [7, 11) is -1.96. The number of hydrogen-bond donors (Lipinski definition) is 0. The Bertz CT molecular complexity index is 1110. The maximum absolute atomic E-state index is 13.4. The number of carbonyl (C=O) groups excluding carboxylic acids is 1. The minimum absolute atomic E-state index is 0.0652. The first-order valence-electron chi connectivity index (χ1n) is 11.0. The molecule has 4 atom stereocenters. The van der Waals surface area contributed by atoms with Crippen LogP contribution in [0.4, 0.5) is 5.69 Å². The van der Waals surface area contributed by atoms with Crippen LogP contribution in [0.1, 0.15) is 27.7 Å². The summed E-state index contributed by atoms with van der Waals surface area (Å²) in [5, 5.41) is 2.47. The van der Waals surface area contributed by atoms with E-state index in [9.17, 15) is 4.79 Å². The van der Waals surface area contributed by atoms with Crippen molar-refractivity contribution < 1.29 is 9.22 Å². The van der Waals surface area contributed by atoms with Gasteiger partial charge in [-0.2, -0.15) is 0 Å². The molecule has 0 spiro atoms. The van der Waals surface area contributed by atoms with Crippen LogP contribution in [-0.4, -0.2) is 51.0 Å². The van der Waals surface area contributed by atoms with Gasteiger partial charge in [0.15, 0.2) is 0 Å². The molecule has 32 heavy (non-hydrogen) atoms. The van der Waals surface area contributed by atoms with Crippen LogP contribution in [0.15, 0.2) is 57.6 Å². The molecule has 2 heterocycles. The third-order valence-electron chi connectivity index (χ3n) is 7.00. The molecule has 7 heteroatoms. The summed E-state index contributed by atoms with van der Waals surface area (Å²) in [6.45, 7) is 17.6. The third-order valence-corrected chi connectivity index (χ3v) is 16.0. The van der Waals surface area contributed by atoms with E-state index in [0.29, 0.717) is 0 Å². The van der Waals surface area contributed by atoms with E-state index in [2.05, 4.69) is 94.2 Å². The Morgan fingerprint density at radius 2 is 1.88 bits per heavy atom. The van der Waals surface area contributed by atoms with Gasteiger partial charge in [0.2, 0.25) is 0 Å². The van der Waals surface area contributed by atoms with Gasteiger partial charge in [-0.15, -0.1) is 0 Å². The van der Waals surface area contributed by atoms with Gasteiger partial charge in [0, 0.05) is 0 Å². The first-order chi connectivity index (χ1) is 14.9. The molecule has 0 N–H and O–H groups in total. The molecular formula is C25H31IN2O2SeSi. The van der Waals surface area contributed by atoms with Crippen molar-refractivity contribution in [3.05, 3.63) is 52.6 Å². The maximum atomic E-state index is 13.4. The van der Waals surface area contributed by atoms with Gasteiger partial charge in [-0.1, -0.05) is 0 Å². The predicted molar refractivity (Wildman–Crippen MR) is 146 cm³/mol.